The van der Waals surface area contributed by atoms with E-state index in [2.05, 4.69) is 10.1 Å². The summed E-state index contributed by atoms with van der Waals surface area (Å²) in [6.07, 6.45) is 1.34. The lowest BCUT2D eigenvalue weighted by molar-refractivity contribution is 0.891. The van der Waals surface area contributed by atoms with Gasteiger partial charge in [-0.05, 0) is 12.1 Å². The molecule has 2 N–H and O–H groups in total. The van der Waals surface area contributed by atoms with Crippen LogP contribution in [-0.4, -0.2) is 14.8 Å². The van der Waals surface area contributed by atoms with Crippen molar-refractivity contribution in [2.45, 2.75) is 0 Å². The summed E-state index contributed by atoms with van der Waals surface area (Å²) in [6, 6.07) is 5.18. The SMILES string of the molecule is Nc1ncnn1-c1c(Cl)cccc1Cl. The molecule has 0 unspecified atom stereocenters. The van der Waals surface area contributed by atoms with Gasteiger partial charge in [-0.15, -0.1) is 0 Å². The summed E-state index contributed by atoms with van der Waals surface area (Å²) in [5.41, 5.74) is 6.13. The van der Waals surface area contributed by atoms with Gasteiger partial charge in [0.15, 0.2) is 0 Å². The van der Waals surface area contributed by atoms with Gasteiger partial charge in [0.1, 0.15) is 12.0 Å². The number of anilines is 1. The van der Waals surface area contributed by atoms with E-state index in [-0.39, 0.29) is 5.95 Å². The standard InChI is InChI=1S/C8H6Cl2N4/c9-5-2-1-3-6(10)7(5)14-8(11)12-4-13-14/h1-4H,(H2,11,12,13). The number of benzene rings is 1. The molecule has 2 rings (SSSR count). The molecule has 0 amide bonds. The predicted octanol–water partition coefficient (Wildman–Crippen LogP) is 2.16. The van der Waals surface area contributed by atoms with Crippen molar-refractivity contribution >= 4 is 29.2 Å². The highest BCUT2D eigenvalue weighted by atomic mass is 35.5. The highest BCUT2D eigenvalue weighted by Crippen LogP contribution is 2.28. The summed E-state index contributed by atoms with van der Waals surface area (Å²) in [7, 11) is 0. The van der Waals surface area contributed by atoms with Crippen molar-refractivity contribution in [3.63, 3.8) is 0 Å². The largest absolute Gasteiger partial charge is 0.368 e. The first kappa shape index (κ1) is 9.30. The molecule has 0 saturated carbocycles. The van der Waals surface area contributed by atoms with Crippen molar-refractivity contribution in [2.75, 3.05) is 5.73 Å². The van der Waals surface area contributed by atoms with Gasteiger partial charge in [-0.2, -0.15) is 14.8 Å². The van der Waals surface area contributed by atoms with Gasteiger partial charge in [-0.25, -0.2) is 0 Å². The predicted molar refractivity (Wildman–Crippen MR) is 55.8 cm³/mol. The molecule has 14 heavy (non-hydrogen) atoms. The molecule has 6 heteroatoms. The van der Waals surface area contributed by atoms with E-state index < -0.39 is 0 Å². The molecule has 0 fully saturated rings. The minimum atomic E-state index is 0.250. The molecule has 1 heterocycles. The minimum absolute atomic E-state index is 0.250. The average molecular weight is 229 g/mol. The van der Waals surface area contributed by atoms with Crippen LogP contribution in [0.1, 0.15) is 0 Å². The maximum Gasteiger partial charge on any atom is 0.223 e. The quantitative estimate of drug-likeness (QED) is 0.814. The van der Waals surface area contributed by atoms with Crippen LogP contribution >= 0.6 is 23.2 Å². The number of hydrogen-bond acceptors (Lipinski definition) is 3. The van der Waals surface area contributed by atoms with E-state index in [0.717, 1.165) is 0 Å². The van der Waals surface area contributed by atoms with Gasteiger partial charge < -0.3 is 5.73 Å². The van der Waals surface area contributed by atoms with E-state index in [1.165, 1.54) is 11.0 Å². The van der Waals surface area contributed by atoms with Gasteiger partial charge in [0.2, 0.25) is 5.95 Å². The molecule has 0 aliphatic heterocycles. The van der Waals surface area contributed by atoms with Crippen molar-refractivity contribution in [3.8, 4) is 5.69 Å². The second-order valence-electron chi connectivity index (χ2n) is 2.60. The zero-order valence-electron chi connectivity index (χ0n) is 6.98. The molecule has 0 saturated heterocycles. The fourth-order valence-electron chi connectivity index (χ4n) is 1.11. The van der Waals surface area contributed by atoms with E-state index in [1.54, 1.807) is 18.2 Å². The first-order valence-electron chi connectivity index (χ1n) is 3.80. The Hall–Kier alpha value is -1.26. The van der Waals surface area contributed by atoms with Crippen LogP contribution < -0.4 is 5.73 Å². The second-order valence-corrected chi connectivity index (χ2v) is 3.41. The number of halogens is 2. The Morgan fingerprint density at radius 2 is 1.86 bits per heavy atom. The van der Waals surface area contributed by atoms with Crippen LogP contribution in [0.3, 0.4) is 0 Å². The molecule has 0 aliphatic carbocycles. The maximum atomic E-state index is 5.96. The second kappa shape index (κ2) is 3.48. The summed E-state index contributed by atoms with van der Waals surface area (Å²) in [4.78, 5) is 3.79. The summed E-state index contributed by atoms with van der Waals surface area (Å²) in [5.74, 6) is 0.250. The molecule has 4 nitrogen and oxygen atoms in total. The normalized spacial score (nSPS) is 10.4. The average Bonchev–Trinajstić information content (AvgIpc) is 2.52. The third-order valence-corrected chi connectivity index (χ3v) is 2.33. The van der Waals surface area contributed by atoms with E-state index in [4.69, 9.17) is 28.9 Å². The molecule has 0 aliphatic rings. The van der Waals surface area contributed by atoms with Crippen molar-refractivity contribution in [1.82, 2.24) is 14.8 Å². The van der Waals surface area contributed by atoms with Crippen LogP contribution in [0.15, 0.2) is 24.5 Å². The zero-order chi connectivity index (χ0) is 10.1. The number of nitrogens with two attached hydrogens (primary N) is 1. The van der Waals surface area contributed by atoms with E-state index >= 15 is 0 Å². The molecular formula is C8H6Cl2N4. The molecule has 2 aromatic rings. The molecule has 0 bridgehead atoms. The molecule has 0 atom stereocenters. The summed E-state index contributed by atoms with van der Waals surface area (Å²) in [6.45, 7) is 0. The van der Waals surface area contributed by atoms with Crippen LogP contribution in [0.2, 0.25) is 10.0 Å². The monoisotopic (exact) mass is 228 g/mol. The third-order valence-electron chi connectivity index (χ3n) is 1.72. The molecule has 0 radical (unpaired) electrons. The fraction of sp³-hybridized carbons (Fsp3) is 0. The minimum Gasteiger partial charge on any atom is -0.368 e. The summed E-state index contributed by atoms with van der Waals surface area (Å²) in [5, 5.41) is 4.88. The number of nitrogens with zero attached hydrogens (tertiary/aromatic N) is 3. The van der Waals surface area contributed by atoms with Gasteiger partial charge >= 0.3 is 0 Å². The van der Waals surface area contributed by atoms with Crippen LogP contribution in [0.4, 0.5) is 5.95 Å². The van der Waals surface area contributed by atoms with Crippen LogP contribution in [0.25, 0.3) is 5.69 Å². The lowest BCUT2D eigenvalue weighted by atomic mass is 10.3. The first-order valence-corrected chi connectivity index (χ1v) is 4.55. The van der Waals surface area contributed by atoms with Crippen LogP contribution in [0.5, 0.6) is 0 Å². The Bertz CT molecular complexity index is 446. The molecule has 72 valence electrons. The Labute approximate surface area is 90.3 Å². The van der Waals surface area contributed by atoms with E-state index in [0.29, 0.717) is 15.7 Å². The molecular weight excluding hydrogens is 223 g/mol. The van der Waals surface area contributed by atoms with E-state index in [9.17, 15) is 0 Å². The Morgan fingerprint density at radius 1 is 1.21 bits per heavy atom. The smallest absolute Gasteiger partial charge is 0.223 e. The molecule has 1 aromatic heterocycles. The Morgan fingerprint density at radius 3 is 2.36 bits per heavy atom. The number of rotatable bonds is 1. The Balaban J connectivity index is 2.68. The fourth-order valence-corrected chi connectivity index (χ4v) is 1.67. The lowest BCUT2D eigenvalue weighted by Gasteiger charge is -2.06. The number of aromatic nitrogens is 3. The highest BCUT2D eigenvalue weighted by molar-refractivity contribution is 6.37. The topological polar surface area (TPSA) is 56.7 Å². The zero-order valence-corrected chi connectivity index (χ0v) is 8.50. The molecule has 0 spiro atoms. The van der Waals surface area contributed by atoms with Crippen molar-refractivity contribution in [3.05, 3.63) is 34.6 Å². The van der Waals surface area contributed by atoms with Crippen LogP contribution in [0, 0.1) is 0 Å². The summed E-state index contributed by atoms with van der Waals surface area (Å²) < 4.78 is 1.39. The van der Waals surface area contributed by atoms with Crippen molar-refractivity contribution in [2.24, 2.45) is 0 Å². The van der Waals surface area contributed by atoms with Crippen LogP contribution in [-0.2, 0) is 0 Å². The summed E-state index contributed by atoms with van der Waals surface area (Å²) >= 11 is 11.9. The first-order chi connectivity index (χ1) is 6.70. The number of nitrogen functional groups attached to an aromatic ring is 1. The maximum absolute atomic E-state index is 5.96. The number of para-hydroxylation sites is 1. The number of hydrogen-bond donors (Lipinski definition) is 1. The highest BCUT2D eigenvalue weighted by Gasteiger charge is 2.10. The van der Waals surface area contributed by atoms with Crippen molar-refractivity contribution < 1.29 is 0 Å². The van der Waals surface area contributed by atoms with Gasteiger partial charge in [-0.3, -0.25) is 0 Å². The van der Waals surface area contributed by atoms with Gasteiger partial charge in [0.25, 0.3) is 0 Å². The van der Waals surface area contributed by atoms with E-state index in [1.807, 2.05) is 0 Å². The van der Waals surface area contributed by atoms with Gasteiger partial charge in [0, 0.05) is 0 Å². The van der Waals surface area contributed by atoms with Crippen molar-refractivity contribution in [1.29, 1.82) is 0 Å². The third kappa shape index (κ3) is 1.42. The van der Waals surface area contributed by atoms with Gasteiger partial charge in [0.05, 0.1) is 10.0 Å². The van der Waals surface area contributed by atoms with Gasteiger partial charge in [-0.1, -0.05) is 29.3 Å². The lowest BCUT2D eigenvalue weighted by Crippen LogP contribution is -2.03. The Kier molecular flexibility index (Phi) is 2.31. The molecule has 1 aromatic carbocycles.